The lowest BCUT2D eigenvalue weighted by Gasteiger charge is -2.11. The minimum atomic E-state index is -0.119. The highest BCUT2D eigenvalue weighted by Gasteiger charge is 2.14. The van der Waals surface area contributed by atoms with Crippen molar-refractivity contribution in [1.29, 1.82) is 0 Å². The van der Waals surface area contributed by atoms with E-state index in [-0.39, 0.29) is 11.7 Å². The number of ether oxygens (including phenoxy) is 1. The number of carbonyl (C=O) groups excluding carboxylic acids is 1. The number of benzene rings is 2. The maximum atomic E-state index is 12.1. The fraction of sp³-hybridized carbons (Fsp3) is 0.235. The van der Waals surface area contributed by atoms with E-state index in [0.29, 0.717) is 13.2 Å². The van der Waals surface area contributed by atoms with Gasteiger partial charge in [-0.15, -0.1) is 0 Å². The average molecular weight is 254 g/mol. The summed E-state index contributed by atoms with van der Waals surface area (Å²) in [5, 5.41) is 0. The molecule has 0 saturated heterocycles. The van der Waals surface area contributed by atoms with E-state index in [1.165, 1.54) is 0 Å². The molecule has 98 valence electrons. The summed E-state index contributed by atoms with van der Waals surface area (Å²) in [7, 11) is 0. The molecule has 2 heteroatoms. The molecular formula is C17H18O2. The third kappa shape index (κ3) is 4.04. The van der Waals surface area contributed by atoms with Gasteiger partial charge in [0.2, 0.25) is 0 Å². The van der Waals surface area contributed by atoms with Crippen LogP contribution in [-0.2, 0) is 11.3 Å². The van der Waals surface area contributed by atoms with Crippen LogP contribution in [0.2, 0.25) is 0 Å². The predicted octanol–water partition coefficient (Wildman–Crippen LogP) is 3.72. The lowest BCUT2D eigenvalue weighted by Crippen LogP contribution is -2.17. The topological polar surface area (TPSA) is 26.3 Å². The van der Waals surface area contributed by atoms with Crippen molar-refractivity contribution in [3.63, 3.8) is 0 Å². The van der Waals surface area contributed by atoms with Gasteiger partial charge in [-0.2, -0.15) is 0 Å². The van der Waals surface area contributed by atoms with Gasteiger partial charge in [0.25, 0.3) is 0 Å². The molecule has 0 radical (unpaired) electrons. The molecule has 0 aromatic heterocycles. The maximum Gasteiger partial charge on any atom is 0.167 e. The van der Waals surface area contributed by atoms with Crippen LogP contribution in [0.3, 0.4) is 0 Å². The van der Waals surface area contributed by atoms with E-state index in [0.717, 1.165) is 11.1 Å². The highest BCUT2D eigenvalue weighted by molar-refractivity contribution is 5.97. The molecule has 1 atom stereocenters. The van der Waals surface area contributed by atoms with Crippen LogP contribution in [0.15, 0.2) is 60.7 Å². The smallest absolute Gasteiger partial charge is 0.167 e. The number of Topliss-reactive ketones (excluding diaryl/α,β-unsaturated/α-hetero) is 1. The molecule has 2 aromatic rings. The highest BCUT2D eigenvalue weighted by atomic mass is 16.5. The fourth-order valence-corrected chi connectivity index (χ4v) is 1.89. The van der Waals surface area contributed by atoms with Gasteiger partial charge in [0.1, 0.15) is 0 Å². The van der Waals surface area contributed by atoms with Gasteiger partial charge in [0.05, 0.1) is 13.2 Å². The minimum absolute atomic E-state index is 0.119. The van der Waals surface area contributed by atoms with Crippen LogP contribution in [0.4, 0.5) is 0 Å². The third-order valence-corrected chi connectivity index (χ3v) is 2.99. The second-order valence-corrected chi connectivity index (χ2v) is 4.63. The van der Waals surface area contributed by atoms with Crippen LogP contribution in [0.25, 0.3) is 0 Å². The largest absolute Gasteiger partial charge is 0.376 e. The number of hydrogen-bond acceptors (Lipinski definition) is 2. The number of ketones is 1. The Bertz CT molecular complexity index is 505. The van der Waals surface area contributed by atoms with Crippen LogP contribution >= 0.6 is 0 Å². The van der Waals surface area contributed by atoms with E-state index in [4.69, 9.17) is 4.74 Å². The molecule has 0 bridgehead atoms. The maximum absolute atomic E-state index is 12.1. The Balaban J connectivity index is 1.82. The normalized spacial score (nSPS) is 12.1. The second kappa shape index (κ2) is 6.86. The van der Waals surface area contributed by atoms with E-state index >= 15 is 0 Å². The summed E-state index contributed by atoms with van der Waals surface area (Å²) in [6.45, 7) is 2.90. The van der Waals surface area contributed by atoms with E-state index in [1.54, 1.807) is 0 Å². The summed E-state index contributed by atoms with van der Waals surface area (Å²) in [6, 6.07) is 19.3. The van der Waals surface area contributed by atoms with E-state index in [1.807, 2.05) is 67.6 Å². The Morgan fingerprint density at radius 3 is 2.21 bits per heavy atom. The summed E-state index contributed by atoms with van der Waals surface area (Å²) in [5.74, 6) is 0.0137. The molecule has 0 saturated carbocycles. The summed E-state index contributed by atoms with van der Waals surface area (Å²) in [4.78, 5) is 12.1. The van der Waals surface area contributed by atoms with Gasteiger partial charge in [-0.1, -0.05) is 67.6 Å². The van der Waals surface area contributed by atoms with Crippen molar-refractivity contribution < 1.29 is 9.53 Å². The van der Waals surface area contributed by atoms with Gasteiger partial charge in [-0.05, 0) is 5.56 Å². The molecule has 2 rings (SSSR count). The van der Waals surface area contributed by atoms with Gasteiger partial charge >= 0.3 is 0 Å². The number of carbonyl (C=O) groups is 1. The van der Waals surface area contributed by atoms with Gasteiger partial charge in [0.15, 0.2) is 5.78 Å². The SMILES string of the molecule is C[C@H](COCc1ccccc1)C(=O)c1ccccc1. The van der Waals surface area contributed by atoms with Crippen molar-refractivity contribution in [1.82, 2.24) is 0 Å². The number of rotatable bonds is 6. The Morgan fingerprint density at radius 2 is 1.58 bits per heavy atom. The van der Waals surface area contributed by atoms with Crippen LogP contribution in [-0.4, -0.2) is 12.4 Å². The molecule has 19 heavy (non-hydrogen) atoms. The van der Waals surface area contributed by atoms with Gasteiger partial charge < -0.3 is 4.74 Å². The van der Waals surface area contributed by atoms with Gasteiger partial charge in [0, 0.05) is 11.5 Å². The number of hydrogen-bond donors (Lipinski definition) is 0. The second-order valence-electron chi connectivity index (χ2n) is 4.63. The molecule has 0 spiro atoms. The zero-order valence-electron chi connectivity index (χ0n) is 11.1. The molecule has 0 aliphatic heterocycles. The van der Waals surface area contributed by atoms with Gasteiger partial charge in [-0.25, -0.2) is 0 Å². The van der Waals surface area contributed by atoms with Crippen LogP contribution in [0, 0.1) is 5.92 Å². The Hall–Kier alpha value is -1.93. The van der Waals surface area contributed by atoms with Crippen molar-refractivity contribution in [3.8, 4) is 0 Å². The van der Waals surface area contributed by atoms with Crippen molar-refractivity contribution in [3.05, 3.63) is 71.8 Å². The Labute approximate surface area is 114 Å². The van der Waals surface area contributed by atoms with E-state index < -0.39 is 0 Å². The Morgan fingerprint density at radius 1 is 1.00 bits per heavy atom. The van der Waals surface area contributed by atoms with Crippen LogP contribution < -0.4 is 0 Å². The lowest BCUT2D eigenvalue weighted by molar-refractivity contribution is 0.0687. The summed E-state index contributed by atoms with van der Waals surface area (Å²) in [5.41, 5.74) is 1.88. The van der Waals surface area contributed by atoms with Crippen molar-refractivity contribution in [2.75, 3.05) is 6.61 Å². The first-order chi connectivity index (χ1) is 9.27. The molecule has 0 fully saturated rings. The average Bonchev–Trinajstić information content (AvgIpc) is 2.48. The first-order valence-corrected chi connectivity index (χ1v) is 6.48. The first kappa shape index (κ1) is 13.5. The molecule has 0 aliphatic rings. The predicted molar refractivity (Wildman–Crippen MR) is 76.0 cm³/mol. The van der Waals surface area contributed by atoms with Gasteiger partial charge in [-0.3, -0.25) is 4.79 Å². The molecule has 0 N–H and O–H groups in total. The third-order valence-electron chi connectivity index (χ3n) is 2.99. The molecule has 2 aromatic carbocycles. The monoisotopic (exact) mass is 254 g/mol. The molecule has 0 amide bonds. The Kier molecular flexibility index (Phi) is 4.87. The molecular weight excluding hydrogens is 236 g/mol. The zero-order chi connectivity index (χ0) is 13.5. The summed E-state index contributed by atoms with van der Waals surface area (Å²) in [6.07, 6.45) is 0. The fourth-order valence-electron chi connectivity index (χ4n) is 1.89. The van der Waals surface area contributed by atoms with Crippen LogP contribution in [0.5, 0.6) is 0 Å². The standard InChI is InChI=1S/C17H18O2/c1-14(17(18)16-10-6-3-7-11-16)12-19-13-15-8-4-2-5-9-15/h2-11,14H,12-13H2,1H3/t14-/m1/s1. The lowest BCUT2D eigenvalue weighted by atomic mass is 10.0. The molecule has 0 heterocycles. The minimum Gasteiger partial charge on any atom is -0.376 e. The van der Waals surface area contributed by atoms with Crippen molar-refractivity contribution >= 4 is 5.78 Å². The molecule has 0 aliphatic carbocycles. The van der Waals surface area contributed by atoms with Crippen molar-refractivity contribution in [2.45, 2.75) is 13.5 Å². The summed E-state index contributed by atoms with van der Waals surface area (Å²) < 4.78 is 5.60. The van der Waals surface area contributed by atoms with E-state index in [9.17, 15) is 4.79 Å². The molecule has 0 unspecified atom stereocenters. The van der Waals surface area contributed by atoms with E-state index in [2.05, 4.69) is 0 Å². The first-order valence-electron chi connectivity index (χ1n) is 6.48. The van der Waals surface area contributed by atoms with Crippen molar-refractivity contribution in [2.24, 2.45) is 5.92 Å². The quantitative estimate of drug-likeness (QED) is 0.734. The zero-order valence-corrected chi connectivity index (χ0v) is 11.1. The summed E-state index contributed by atoms with van der Waals surface area (Å²) >= 11 is 0. The van der Waals surface area contributed by atoms with Crippen LogP contribution in [0.1, 0.15) is 22.8 Å². The highest BCUT2D eigenvalue weighted by Crippen LogP contribution is 2.10. The molecule has 2 nitrogen and oxygen atoms in total.